The summed E-state index contributed by atoms with van der Waals surface area (Å²) in [6.07, 6.45) is 0.997. The monoisotopic (exact) mass is 348 g/mol. The molecule has 1 rings (SSSR count). The van der Waals surface area contributed by atoms with Crippen molar-refractivity contribution in [1.82, 2.24) is 10.2 Å². The number of carboxylic acid groups (broad SMARTS) is 1. The maximum atomic E-state index is 11.0. The van der Waals surface area contributed by atoms with Gasteiger partial charge in [0.1, 0.15) is 5.75 Å². The summed E-state index contributed by atoms with van der Waals surface area (Å²) in [5, 5.41) is 12.2. The zero-order chi connectivity index (χ0) is 19.0. The van der Waals surface area contributed by atoms with Crippen molar-refractivity contribution in [3.8, 4) is 5.75 Å². The number of aliphatic carboxylic acids is 1. The topological polar surface area (TPSA) is 61.8 Å². The number of rotatable bonds is 11. The van der Waals surface area contributed by atoms with Crippen molar-refractivity contribution < 1.29 is 14.6 Å². The number of hydrogen-bond acceptors (Lipinski definition) is 4. The fourth-order valence-corrected chi connectivity index (χ4v) is 2.73. The van der Waals surface area contributed by atoms with Crippen LogP contribution in [0.3, 0.4) is 0 Å². The molecule has 0 bridgehead atoms. The van der Waals surface area contributed by atoms with Gasteiger partial charge in [-0.1, -0.05) is 26.0 Å². The normalized spacial score (nSPS) is 13.6. The van der Waals surface area contributed by atoms with E-state index in [0.29, 0.717) is 18.3 Å². The minimum Gasteiger partial charge on any atom is -0.481 e. The van der Waals surface area contributed by atoms with Gasteiger partial charge in [0.05, 0.1) is 0 Å². The summed E-state index contributed by atoms with van der Waals surface area (Å²) in [6.45, 7) is 10.8. The number of hydrogen-bond donors (Lipinski definition) is 2. The Hall–Kier alpha value is -2.01. The van der Waals surface area contributed by atoms with Crippen molar-refractivity contribution in [2.45, 2.75) is 39.7 Å². The van der Waals surface area contributed by atoms with Gasteiger partial charge >= 0.3 is 5.97 Å². The van der Waals surface area contributed by atoms with E-state index in [1.807, 2.05) is 32.3 Å². The molecular formula is C20H32N2O3. The molecule has 0 aliphatic carbocycles. The number of ether oxygens (including phenoxy) is 1. The third kappa shape index (κ3) is 8.07. The maximum Gasteiger partial charge on any atom is 0.303 e. The number of nitrogens with one attached hydrogen (secondary N) is 1. The average Bonchev–Trinajstić information content (AvgIpc) is 2.51. The molecule has 0 saturated heterocycles. The van der Waals surface area contributed by atoms with E-state index in [0.717, 1.165) is 12.2 Å². The van der Waals surface area contributed by atoms with Crippen LogP contribution in [0.15, 0.2) is 36.7 Å². The van der Waals surface area contributed by atoms with E-state index < -0.39 is 5.97 Å². The zero-order valence-electron chi connectivity index (χ0n) is 16.1. The quantitative estimate of drug-likeness (QED) is 0.594. The molecule has 0 fully saturated rings. The summed E-state index contributed by atoms with van der Waals surface area (Å²) in [5.74, 6) is 0.892. The van der Waals surface area contributed by atoms with E-state index in [1.54, 1.807) is 0 Å². The molecule has 0 aliphatic heterocycles. The molecule has 2 atom stereocenters. The molecule has 0 heterocycles. The van der Waals surface area contributed by atoms with Crippen LogP contribution in [-0.4, -0.2) is 36.6 Å². The molecule has 0 radical (unpaired) electrons. The number of benzene rings is 1. The zero-order valence-corrected chi connectivity index (χ0v) is 16.1. The molecule has 0 aliphatic rings. The Kier molecular flexibility index (Phi) is 8.49. The van der Waals surface area contributed by atoms with Crippen LogP contribution in [0.2, 0.25) is 0 Å². The SMILES string of the molecule is C=C(NC[C@@H](CC(=O)O)CC(C)C)Oc1cccc([C@H](C)N(C)C)c1. The molecule has 140 valence electrons. The second kappa shape index (κ2) is 10.1. The van der Waals surface area contributed by atoms with Gasteiger partial charge in [-0.3, -0.25) is 4.79 Å². The molecule has 0 saturated carbocycles. The van der Waals surface area contributed by atoms with Crippen molar-refractivity contribution in [3.05, 3.63) is 42.3 Å². The molecule has 5 heteroatoms. The first-order valence-corrected chi connectivity index (χ1v) is 8.77. The summed E-state index contributed by atoms with van der Waals surface area (Å²) in [4.78, 5) is 13.1. The molecule has 0 aromatic heterocycles. The maximum absolute atomic E-state index is 11.0. The summed E-state index contributed by atoms with van der Waals surface area (Å²) >= 11 is 0. The number of carboxylic acids is 1. The Balaban J connectivity index is 2.60. The smallest absolute Gasteiger partial charge is 0.303 e. The lowest BCUT2D eigenvalue weighted by atomic mass is 9.94. The predicted octanol–water partition coefficient (Wildman–Crippen LogP) is 3.89. The Morgan fingerprint density at radius 1 is 1.32 bits per heavy atom. The van der Waals surface area contributed by atoms with Crippen LogP contribution >= 0.6 is 0 Å². The second-order valence-electron chi connectivity index (χ2n) is 7.21. The van der Waals surface area contributed by atoms with Crippen molar-refractivity contribution in [1.29, 1.82) is 0 Å². The second-order valence-corrected chi connectivity index (χ2v) is 7.21. The van der Waals surface area contributed by atoms with Crippen LogP contribution < -0.4 is 10.1 Å². The summed E-state index contributed by atoms with van der Waals surface area (Å²) in [7, 11) is 4.08. The minimum atomic E-state index is -0.774. The van der Waals surface area contributed by atoms with Crippen LogP contribution in [0, 0.1) is 11.8 Å². The Labute approximate surface area is 151 Å². The fourth-order valence-electron chi connectivity index (χ4n) is 2.73. The van der Waals surface area contributed by atoms with Crippen molar-refractivity contribution in [3.63, 3.8) is 0 Å². The summed E-state index contributed by atoms with van der Waals surface area (Å²) in [5.41, 5.74) is 1.17. The average molecular weight is 348 g/mol. The van der Waals surface area contributed by atoms with E-state index in [-0.39, 0.29) is 18.4 Å². The van der Waals surface area contributed by atoms with Gasteiger partial charge in [0.15, 0.2) is 5.88 Å². The van der Waals surface area contributed by atoms with Crippen LogP contribution in [0.5, 0.6) is 5.75 Å². The first kappa shape index (κ1) is 21.0. The molecule has 2 N–H and O–H groups in total. The van der Waals surface area contributed by atoms with Gasteiger partial charge in [-0.15, -0.1) is 0 Å². The van der Waals surface area contributed by atoms with Crippen LogP contribution in [0.25, 0.3) is 0 Å². The summed E-state index contributed by atoms with van der Waals surface area (Å²) in [6, 6.07) is 8.21. The van der Waals surface area contributed by atoms with E-state index in [4.69, 9.17) is 9.84 Å². The van der Waals surface area contributed by atoms with Crippen molar-refractivity contribution in [2.75, 3.05) is 20.6 Å². The Morgan fingerprint density at radius 3 is 2.56 bits per heavy atom. The lowest BCUT2D eigenvalue weighted by Gasteiger charge is -2.21. The first-order valence-electron chi connectivity index (χ1n) is 8.77. The predicted molar refractivity (Wildman–Crippen MR) is 102 cm³/mol. The highest BCUT2D eigenvalue weighted by atomic mass is 16.5. The Bertz CT molecular complexity index is 570. The van der Waals surface area contributed by atoms with E-state index in [9.17, 15) is 4.79 Å². The highest BCUT2D eigenvalue weighted by Gasteiger charge is 2.15. The van der Waals surface area contributed by atoms with Gasteiger partial charge in [0, 0.05) is 19.0 Å². The molecular weight excluding hydrogens is 316 g/mol. The minimum absolute atomic E-state index is 0.0537. The molecule has 1 aromatic carbocycles. The molecule has 1 aromatic rings. The third-order valence-electron chi connectivity index (χ3n) is 4.21. The standard InChI is InChI=1S/C20H32N2O3/c1-14(2)10-17(11-20(23)24)13-21-16(4)25-19-9-7-8-18(12-19)15(3)22(5)6/h7-9,12,14-15,17,21H,4,10-11,13H2,1-3,5-6H3,(H,23,24)/t15-,17+/m0/s1. The number of carbonyl (C=O) groups is 1. The van der Waals surface area contributed by atoms with Crippen molar-refractivity contribution in [2.24, 2.45) is 11.8 Å². The van der Waals surface area contributed by atoms with Gasteiger partial charge in [-0.25, -0.2) is 0 Å². The third-order valence-corrected chi connectivity index (χ3v) is 4.21. The molecule has 0 unspecified atom stereocenters. The fraction of sp³-hybridized carbons (Fsp3) is 0.550. The van der Waals surface area contributed by atoms with Crippen LogP contribution in [0.4, 0.5) is 0 Å². The highest BCUT2D eigenvalue weighted by molar-refractivity contribution is 5.67. The van der Waals surface area contributed by atoms with E-state index >= 15 is 0 Å². The van der Waals surface area contributed by atoms with Gasteiger partial charge in [0.2, 0.25) is 0 Å². The highest BCUT2D eigenvalue weighted by Crippen LogP contribution is 2.23. The van der Waals surface area contributed by atoms with E-state index in [2.05, 4.69) is 43.6 Å². The van der Waals surface area contributed by atoms with Crippen molar-refractivity contribution >= 4 is 5.97 Å². The van der Waals surface area contributed by atoms with E-state index in [1.165, 1.54) is 5.56 Å². The van der Waals surface area contributed by atoms with Gasteiger partial charge in [-0.2, -0.15) is 0 Å². The largest absolute Gasteiger partial charge is 0.481 e. The first-order chi connectivity index (χ1) is 11.7. The molecule has 5 nitrogen and oxygen atoms in total. The van der Waals surface area contributed by atoms with Crippen LogP contribution in [0.1, 0.15) is 45.2 Å². The summed E-state index contributed by atoms with van der Waals surface area (Å²) < 4.78 is 5.77. The lowest BCUT2D eigenvalue weighted by Crippen LogP contribution is -2.27. The number of nitrogens with zero attached hydrogens (tertiary/aromatic N) is 1. The van der Waals surface area contributed by atoms with Gasteiger partial charge in [-0.05, 0) is 63.6 Å². The lowest BCUT2D eigenvalue weighted by molar-refractivity contribution is -0.138. The van der Waals surface area contributed by atoms with Gasteiger partial charge in [0.25, 0.3) is 0 Å². The van der Waals surface area contributed by atoms with Crippen LogP contribution in [-0.2, 0) is 4.79 Å². The molecule has 0 amide bonds. The Morgan fingerprint density at radius 2 is 2.00 bits per heavy atom. The molecule has 25 heavy (non-hydrogen) atoms. The molecule has 0 spiro atoms. The van der Waals surface area contributed by atoms with Gasteiger partial charge < -0.3 is 20.1 Å².